The summed E-state index contributed by atoms with van der Waals surface area (Å²) in [7, 11) is 0. The number of hydrogen-bond donors (Lipinski definition) is 0. The van der Waals surface area contributed by atoms with Crippen molar-refractivity contribution >= 4 is 100 Å². The lowest BCUT2D eigenvalue weighted by Crippen LogP contribution is -2.62. The molecule has 4 heterocycles. The predicted molar refractivity (Wildman–Crippen MR) is 318 cm³/mol. The van der Waals surface area contributed by atoms with Crippen molar-refractivity contribution in [2.75, 3.05) is 14.7 Å². The van der Waals surface area contributed by atoms with Crippen LogP contribution in [0.1, 0.15) is 124 Å². The molecule has 3 nitrogen and oxygen atoms in total. The van der Waals surface area contributed by atoms with Gasteiger partial charge in [-0.05, 0) is 141 Å². The number of anilines is 8. The number of hydrogen-bond acceptors (Lipinski definition) is 4. The molecule has 2 unspecified atom stereocenters. The van der Waals surface area contributed by atoms with Crippen LogP contribution in [0.5, 0.6) is 0 Å². The van der Waals surface area contributed by atoms with Crippen molar-refractivity contribution in [2.24, 2.45) is 0 Å². The van der Waals surface area contributed by atoms with Crippen molar-refractivity contribution in [3.63, 3.8) is 0 Å². The third-order valence-corrected chi connectivity index (χ3v) is 19.0. The molecule has 2 atom stereocenters. The quantitative estimate of drug-likeness (QED) is 0.163. The molecule has 1 fully saturated rings. The molecule has 4 aliphatic rings. The van der Waals surface area contributed by atoms with Crippen LogP contribution in [0.4, 0.5) is 45.5 Å². The van der Waals surface area contributed by atoms with Crippen LogP contribution in [0.2, 0.25) is 0 Å². The van der Waals surface area contributed by atoms with Gasteiger partial charge in [0.15, 0.2) is 0 Å². The second-order valence-corrected chi connectivity index (χ2v) is 26.4. The SMILES string of the molecule is CC(C)(C)c1ccc2c(c1)B1c3cc(C(C)(C)C)ccc3N(c3ccc(C(C)(C)C)cc3-c3ccccc3)c3cc(N4c5ccccc5C5(C)CCCCC45C)cc(c31)N2c1ccc2c(c1)sc1ccccc12. The molecule has 1 aromatic heterocycles. The van der Waals surface area contributed by atoms with Crippen molar-refractivity contribution in [2.45, 2.75) is 129 Å². The third-order valence-electron chi connectivity index (χ3n) is 17.9. The van der Waals surface area contributed by atoms with E-state index in [1.54, 1.807) is 0 Å². The first-order chi connectivity index (χ1) is 34.8. The van der Waals surface area contributed by atoms with E-state index in [9.17, 15) is 0 Å². The van der Waals surface area contributed by atoms with Gasteiger partial charge in [-0.25, -0.2) is 0 Å². The van der Waals surface area contributed by atoms with Gasteiger partial charge in [0, 0.05) is 71.0 Å². The molecule has 0 saturated heterocycles. The normalized spacial score (nSPS) is 19.2. The zero-order valence-corrected chi connectivity index (χ0v) is 45.6. The van der Waals surface area contributed by atoms with E-state index in [1.165, 1.54) is 135 Å². The predicted octanol–water partition coefficient (Wildman–Crippen LogP) is 17.4. The Hall–Kier alpha value is -6.56. The molecule has 73 heavy (non-hydrogen) atoms. The summed E-state index contributed by atoms with van der Waals surface area (Å²) in [6, 6.07) is 64.2. The number of thiophene rings is 1. The fourth-order valence-corrected chi connectivity index (χ4v) is 14.7. The molecule has 13 rings (SSSR count). The minimum absolute atomic E-state index is 0.00171. The van der Waals surface area contributed by atoms with E-state index < -0.39 is 0 Å². The highest BCUT2D eigenvalue weighted by atomic mass is 32.1. The topological polar surface area (TPSA) is 9.72 Å². The summed E-state index contributed by atoms with van der Waals surface area (Å²) in [4.78, 5) is 8.15. The second kappa shape index (κ2) is 16.0. The fourth-order valence-electron chi connectivity index (χ4n) is 13.6. The summed E-state index contributed by atoms with van der Waals surface area (Å²) < 4.78 is 2.64. The maximum atomic E-state index is 2.80. The highest BCUT2D eigenvalue weighted by Crippen LogP contribution is 2.62. The first-order valence-electron chi connectivity index (χ1n) is 26.9. The number of fused-ring (bicyclic) bond motifs is 10. The van der Waals surface area contributed by atoms with Gasteiger partial charge in [0.25, 0.3) is 6.71 Å². The minimum atomic E-state index is -0.132. The Kier molecular flexibility index (Phi) is 10.1. The number of para-hydroxylation sites is 1. The van der Waals surface area contributed by atoms with E-state index in [2.05, 4.69) is 255 Å². The van der Waals surface area contributed by atoms with Gasteiger partial charge < -0.3 is 14.7 Å². The molecule has 1 saturated carbocycles. The van der Waals surface area contributed by atoms with Crippen LogP contribution < -0.4 is 31.1 Å². The zero-order valence-electron chi connectivity index (χ0n) is 44.7. The molecule has 1 aliphatic carbocycles. The van der Waals surface area contributed by atoms with E-state index in [4.69, 9.17) is 0 Å². The summed E-state index contributed by atoms with van der Waals surface area (Å²) in [5.74, 6) is 0. The lowest BCUT2D eigenvalue weighted by atomic mass is 9.33. The van der Waals surface area contributed by atoms with Crippen molar-refractivity contribution in [3.8, 4) is 11.1 Å². The Bertz CT molecular complexity index is 3710. The van der Waals surface area contributed by atoms with E-state index in [1.807, 2.05) is 11.3 Å². The number of nitrogens with zero attached hydrogens (tertiary/aromatic N) is 3. The average Bonchev–Trinajstić information content (AvgIpc) is 3.84. The first kappa shape index (κ1) is 46.2. The Balaban J connectivity index is 1.18. The first-order valence-corrected chi connectivity index (χ1v) is 27.7. The van der Waals surface area contributed by atoms with Gasteiger partial charge in [-0.1, -0.05) is 185 Å². The van der Waals surface area contributed by atoms with Crippen LogP contribution in [0.25, 0.3) is 31.3 Å². The summed E-state index contributed by atoms with van der Waals surface area (Å²) in [5, 5.41) is 2.64. The van der Waals surface area contributed by atoms with Crippen LogP contribution in [0, 0.1) is 0 Å². The zero-order chi connectivity index (χ0) is 50.6. The smallest absolute Gasteiger partial charge is 0.252 e. The van der Waals surface area contributed by atoms with E-state index >= 15 is 0 Å². The summed E-state index contributed by atoms with van der Waals surface area (Å²) >= 11 is 1.91. The van der Waals surface area contributed by atoms with Crippen LogP contribution in [0.15, 0.2) is 164 Å². The van der Waals surface area contributed by atoms with Crippen molar-refractivity contribution in [1.82, 2.24) is 0 Å². The van der Waals surface area contributed by atoms with Crippen LogP contribution >= 0.6 is 11.3 Å². The second-order valence-electron chi connectivity index (χ2n) is 25.3. The molecule has 0 amide bonds. The highest BCUT2D eigenvalue weighted by molar-refractivity contribution is 7.25. The van der Waals surface area contributed by atoms with E-state index in [-0.39, 0.29) is 33.9 Å². The van der Waals surface area contributed by atoms with E-state index in [0.29, 0.717) is 0 Å². The van der Waals surface area contributed by atoms with Crippen molar-refractivity contribution in [3.05, 3.63) is 186 Å². The largest absolute Gasteiger partial charge is 0.334 e. The monoisotopic (exact) mass is 970 g/mol. The molecule has 0 spiro atoms. The molecule has 0 radical (unpaired) electrons. The summed E-state index contributed by atoms with van der Waals surface area (Å²) in [6.45, 7) is 26.3. The van der Waals surface area contributed by atoms with Gasteiger partial charge in [-0.3, -0.25) is 0 Å². The molecule has 364 valence electrons. The van der Waals surface area contributed by atoms with Crippen molar-refractivity contribution in [1.29, 1.82) is 0 Å². The Morgan fingerprint density at radius 1 is 0.452 bits per heavy atom. The number of rotatable bonds is 4. The summed E-state index contributed by atoms with van der Waals surface area (Å²) in [5.41, 5.74) is 21.8. The molecular weight excluding hydrogens is 902 g/mol. The Morgan fingerprint density at radius 3 is 1.70 bits per heavy atom. The molecule has 8 aromatic carbocycles. The third kappa shape index (κ3) is 6.90. The Labute approximate surface area is 438 Å². The number of benzene rings is 8. The maximum Gasteiger partial charge on any atom is 0.252 e. The average molecular weight is 970 g/mol. The molecule has 0 N–H and O–H groups in total. The molecule has 9 aromatic rings. The molecule has 5 heteroatoms. The minimum Gasteiger partial charge on any atom is -0.334 e. The van der Waals surface area contributed by atoms with Gasteiger partial charge in [0.05, 0.1) is 11.2 Å². The fraction of sp³-hybridized carbons (Fsp3) is 0.294. The molecular formula is C68H68BN3S. The van der Waals surface area contributed by atoms with Gasteiger partial charge >= 0.3 is 0 Å². The van der Waals surface area contributed by atoms with Crippen LogP contribution in [-0.4, -0.2) is 12.3 Å². The standard InChI is InChI=1S/C68H68BN3S/c1-64(2,3)44-27-32-55(51(37-44)43-21-13-12-14-22-43)71-58-34-29-46(66(7,8)9)39-54(58)69-53-38-45(65(4,5)6)28-33-57(53)70(47-30-31-50-49-23-15-18-26-61(49)73-62(50)42-47)59-40-48(41-60(71)63(59)69)72-56-25-17-16-24-52(56)67(10)35-19-20-36-68(67,72)11/h12-18,21-34,37-42H,19-20,35-36H2,1-11H3. The van der Waals surface area contributed by atoms with E-state index in [0.717, 1.165) is 6.42 Å². The lowest BCUT2D eigenvalue weighted by molar-refractivity contribution is 0.195. The highest BCUT2D eigenvalue weighted by Gasteiger charge is 2.58. The van der Waals surface area contributed by atoms with Crippen LogP contribution in [0.3, 0.4) is 0 Å². The molecule has 0 bridgehead atoms. The van der Waals surface area contributed by atoms with Gasteiger partial charge in [-0.2, -0.15) is 0 Å². The van der Waals surface area contributed by atoms with Gasteiger partial charge in [0.2, 0.25) is 0 Å². The molecule has 3 aliphatic heterocycles. The van der Waals surface area contributed by atoms with Gasteiger partial charge in [0.1, 0.15) is 0 Å². The maximum absolute atomic E-state index is 2.80. The lowest BCUT2D eigenvalue weighted by Gasteiger charge is -2.51. The summed E-state index contributed by atoms with van der Waals surface area (Å²) in [6.07, 6.45) is 4.78. The van der Waals surface area contributed by atoms with Crippen molar-refractivity contribution < 1.29 is 0 Å². The Morgan fingerprint density at radius 2 is 1.01 bits per heavy atom. The van der Waals surface area contributed by atoms with Crippen LogP contribution in [-0.2, 0) is 21.7 Å². The van der Waals surface area contributed by atoms with Gasteiger partial charge in [-0.15, -0.1) is 11.3 Å².